The summed E-state index contributed by atoms with van der Waals surface area (Å²) in [4.78, 5) is 13.9. The van der Waals surface area contributed by atoms with Gasteiger partial charge in [-0.2, -0.15) is 0 Å². The van der Waals surface area contributed by atoms with Gasteiger partial charge in [-0.25, -0.2) is 0 Å². The quantitative estimate of drug-likeness (QED) is 0.768. The molecule has 1 aromatic heterocycles. The zero-order chi connectivity index (χ0) is 16.8. The lowest BCUT2D eigenvalue weighted by atomic mass is 10.2. The minimum atomic E-state index is 0.0769. The van der Waals surface area contributed by atoms with Crippen molar-refractivity contribution in [2.45, 2.75) is 34.1 Å². The molecule has 23 heavy (non-hydrogen) atoms. The molecule has 0 saturated heterocycles. The van der Waals surface area contributed by atoms with E-state index in [4.69, 9.17) is 4.74 Å². The van der Waals surface area contributed by atoms with E-state index in [9.17, 15) is 4.79 Å². The highest BCUT2D eigenvalue weighted by molar-refractivity contribution is 7.18. The average molecular weight is 333 g/mol. The first-order valence-electron chi connectivity index (χ1n) is 7.92. The first-order valence-corrected chi connectivity index (χ1v) is 8.73. The van der Waals surface area contributed by atoms with E-state index in [1.807, 2.05) is 38.1 Å². The molecular weight excluding hydrogens is 310 g/mol. The van der Waals surface area contributed by atoms with Crippen LogP contribution in [0.4, 0.5) is 5.13 Å². The zero-order valence-corrected chi connectivity index (χ0v) is 14.9. The van der Waals surface area contributed by atoms with Crippen molar-refractivity contribution in [1.29, 1.82) is 0 Å². The highest BCUT2D eigenvalue weighted by Gasteiger charge is 2.20. The maximum Gasteiger partial charge on any atom is 0.228 e. The fourth-order valence-corrected chi connectivity index (χ4v) is 3.02. The van der Waals surface area contributed by atoms with Gasteiger partial charge in [-0.15, -0.1) is 10.2 Å². The summed E-state index contributed by atoms with van der Waals surface area (Å²) in [6, 6.07) is 7.76. The van der Waals surface area contributed by atoms with Crippen molar-refractivity contribution in [1.82, 2.24) is 10.2 Å². The Morgan fingerprint density at radius 3 is 2.48 bits per heavy atom. The van der Waals surface area contributed by atoms with E-state index >= 15 is 0 Å². The zero-order valence-electron chi connectivity index (χ0n) is 14.1. The van der Waals surface area contributed by atoms with Crippen LogP contribution in [-0.2, 0) is 4.79 Å². The molecular formula is C17H23N3O2S. The summed E-state index contributed by atoms with van der Waals surface area (Å²) in [5.74, 6) is 1.29. The molecule has 1 heterocycles. The van der Waals surface area contributed by atoms with E-state index in [1.165, 1.54) is 11.3 Å². The van der Waals surface area contributed by atoms with Crippen LogP contribution < -0.4 is 9.64 Å². The van der Waals surface area contributed by atoms with Gasteiger partial charge in [0.2, 0.25) is 11.0 Å². The van der Waals surface area contributed by atoms with Crippen molar-refractivity contribution < 1.29 is 9.53 Å². The van der Waals surface area contributed by atoms with Crippen LogP contribution in [0.25, 0.3) is 10.6 Å². The Hall–Kier alpha value is -1.95. The van der Waals surface area contributed by atoms with Gasteiger partial charge in [0, 0.05) is 18.5 Å². The molecule has 0 aliphatic carbocycles. The SMILES string of the molecule is CCOc1ccc(-c2nnc(N(CC(C)C)C(=O)CC)s2)cc1. The predicted molar refractivity (Wildman–Crippen MR) is 94.0 cm³/mol. The summed E-state index contributed by atoms with van der Waals surface area (Å²) in [7, 11) is 0. The van der Waals surface area contributed by atoms with Gasteiger partial charge in [-0.3, -0.25) is 9.69 Å². The van der Waals surface area contributed by atoms with Gasteiger partial charge in [0.25, 0.3) is 0 Å². The number of rotatable bonds is 7. The van der Waals surface area contributed by atoms with Crippen LogP contribution in [0.5, 0.6) is 5.75 Å². The minimum absolute atomic E-state index is 0.0769. The van der Waals surface area contributed by atoms with E-state index in [-0.39, 0.29) is 5.91 Å². The summed E-state index contributed by atoms with van der Waals surface area (Å²) in [5.41, 5.74) is 0.977. The van der Waals surface area contributed by atoms with Crippen molar-refractivity contribution in [3.63, 3.8) is 0 Å². The summed E-state index contributed by atoms with van der Waals surface area (Å²) < 4.78 is 5.44. The molecule has 124 valence electrons. The number of carbonyl (C=O) groups is 1. The third-order valence-electron chi connectivity index (χ3n) is 3.21. The number of carbonyl (C=O) groups excluding carboxylic acids is 1. The third kappa shape index (κ3) is 4.51. The van der Waals surface area contributed by atoms with Crippen LogP contribution in [0.15, 0.2) is 24.3 Å². The number of hydrogen-bond acceptors (Lipinski definition) is 5. The van der Waals surface area contributed by atoms with Crippen LogP contribution in [0.3, 0.4) is 0 Å². The first-order chi connectivity index (χ1) is 11.0. The Morgan fingerprint density at radius 2 is 1.91 bits per heavy atom. The summed E-state index contributed by atoms with van der Waals surface area (Å²) in [5, 5.41) is 9.92. The van der Waals surface area contributed by atoms with Crippen molar-refractivity contribution in [2.24, 2.45) is 5.92 Å². The number of hydrogen-bond donors (Lipinski definition) is 0. The lowest BCUT2D eigenvalue weighted by Crippen LogP contribution is -2.33. The van der Waals surface area contributed by atoms with Crippen LogP contribution >= 0.6 is 11.3 Å². The summed E-state index contributed by atoms with van der Waals surface area (Å²) >= 11 is 1.44. The molecule has 0 bridgehead atoms. The molecule has 1 aromatic carbocycles. The molecule has 2 aromatic rings. The fraction of sp³-hybridized carbons (Fsp3) is 0.471. The van der Waals surface area contributed by atoms with Gasteiger partial charge in [0.05, 0.1) is 6.61 Å². The second-order valence-corrected chi connectivity index (χ2v) is 6.55. The number of benzene rings is 1. The second kappa shape index (κ2) is 8.06. The van der Waals surface area contributed by atoms with E-state index in [2.05, 4.69) is 24.0 Å². The number of aromatic nitrogens is 2. The number of amides is 1. The maximum absolute atomic E-state index is 12.2. The topological polar surface area (TPSA) is 55.3 Å². The fourth-order valence-electron chi connectivity index (χ4n) is 2.14. The van der Waals surface area contributed by atoms with E-state index < -0.39 is 0 Å². The van der Waals surface area contributed by atoms with Gasteiger partial charge in [-0.1, -0.05) is 32.1 Å². The summed E-state index contributed by atoms with van der Waals surface area (Å²) in [6.07, 6.45) is 0.463. The van der Waals surface area contributed by atoms with Gasteiger partial charge >= 0.3 is 0 Å². The van der Waals surface area contributed by atoms with Crippen molar-refractivity contribution >= 4 is 22.4 Å². The van der Waals surface area contributed by atoms with Gasteiger partial charge in [0.15, 0.2) is 0 Å². The Kier molecular flexibility index (Phi) is 6.10. The second-order valence-electron chi connectivity index (χ2n) is 5.60. The number of ether oxygens (including phenoxy) is 1. The highest BCUT2D eigenvalue weighted by Crippen LogP contribution is 2.30. The molecule has 0 spiro atoms. The molecule has 0 saturated carbocycles. The molecule has 2 rings (SSSR count). The number of nitrogens with zero attached hydrogens (tertiary/aromatic N) is 3. The molecule has 1 amide bonds. The van der Waals surface area contributed by atoms with E-state index in [1.54, 1.807) is 4.90 Å². The summed E-state index contributed by atoms with van der Waals surface area (Å²) in [6.45, 7) is 9.30. The molecule has 0 unspecified atom stereocenters. The van der Waals surface area contributed by atoms with E-state index in [0.29, 0.717) is 30.6 Å². The smallest absolute Gasteiger partial charge is 0.228 e. The van der Waals surface area contributed by atoms with Crippen LogP contribution in [-0.4, -0.2) is 29.3 Å². The standard InChI is InChI=1S/C17H23N3O2S/c1-5-15(21)20(11-12(3)4)17-19-18-16(23-17)13-7-9-14(10-8-13)22-6-2/h7-10,12H,5-6,11H2,1-4H3. The molecule has 0 fully saturated rings. The van der Waals surface area contributed by atoms with Crippen molar-refractivity contribution in [2.75, 3.05) is 18.1 Å². The number of anilines is 1. The van der Waals surface area contributed by atoms with Crippen LogP contribution in [0.2, 0.25) is 0 Å². The van der Waals surface area contributed by atoms with Gasteiger partial charge < -0.3 is 4.74 Å². The Balaban J connectivity index is 2.22. The molecule has 6 heteroatoms. The highest BCUT2D eigenvalue weighted by atomic mass is 32.1. The Morgan fingerprint density at radius 1 is 1.22 bits per heavy atom. The van der Waals surface area contributed by atoms with Crippen molar-refractivity contribution in [3.05, 3.63) is 24.3 Å². The molecule has 0 N–H and O–H groups in total. The lowest BCUT2D eigenvalue weighted by Gasteiger charge is -2.20. The monoisotopic (exact) mass is 333 g/mol. The molecule has 0 atom stereocenters. The predicted octanol–water partition coefficient (Wildman–Crippen LogP) is 4.00. The van der Waals surface area contributed by atoms with Gasteiger partial charge in [-0.05, 0) is 37.1 Å². The van der Waals surface area contributed by atoms with Crippen LogP contribution in [0.1, 0.15) is 34.1 Å². The molecule has 0 aliphatic rings. The molecule has 0 radical (unpaired) electrons. The van der Waals surface area contributed by atoms with Crippen LogP contribution in [0, 0.1) is 5.92 Å². The third-order valence-corrected chi connectivity index (χ3v) is 4.20. The Bertz CT molecular complexity index is 638. The largest absolute Gasteiger partial charge is 0.494 e. The molecule has 0 aliphatic heterocycles. The molecule has 5 nitrogen and oxygen atoms in total. The maximum atomic E-state index is 12.2. The van der Waals surface area contributed by atoms with Gasteiger partial charge in [0.1, 0.15) is 10.8 Å². The first kappa shape index (κ1) is 17.4. The van der Waals surface area contributed by atoms with E-state index in [0.717, 1.165) is 16.3 Å². The average Bonchev–Trinajstić information content (AvgIpc) is 3.02. The lowest BCUT2D eigenvalue weighted by molar-refractivity contribution is -0.118. The van der Waals surface area contributed by atoms with Crippen molar-refractivity contribution in [3.8, 4) is 16.3 Å². The Labute approximate surface area is 141 Å². The normalized spacial score (nSPS) is 10.8. The minimum Gasteiger partial charge on any atom is -0.494 e.